The van der Waals surface area contributed by atoms with Crippen molar-refractivity contribution in [2.75, 3.05) is 13.1 Å². The van der Waals surface area contributed by atoms with Crippen LogP contribution in [0.5, 0.6) is 0 Å². The number of aryl methyl sites for hydroxylation is 1. The van der Waals surface area contributed by atoms with Crippen molar-refractivity contribution in [3.05, 3.63) is 43.4 Å². The van der Waals surface area contributed by atoms with Crippen LogP contribution in [0.1, 0.15) is 17.4 Å². The van der Waals surface area contributed by atoms with Crippen molar-refractivity contribution in [1.29, 1.82) is 0 Å². The predicted octanol–water partition coefficient (Wildman–Crippen LogP) is 1.72. The molecule has 0 saturated carbocycles. The van der Waals surface area contributed by atoms with Gasteiger partial charge in [-0.3, -0.25) is 13.9 Å². The van der Waals surface area contributed by atoms with Crippen molar-refractivity contribution in [2.45, 2.75) is 39.7 Å². The zero-order chi connectivity index (χ0) is 19.6. The second-order valence-electron chi connectivity index (χ2n) is 5.82. The van der Waals surface area contributed by atoms with Gasteiger partial charge < -0.3 is 11.1 Å². The SMILES string of the molecule is C=C(Cn1c(=O)n(CC)c(=O)c2c(C)c(CNCCN)sc21)C(F)(F)F. The van der Waals surface area contributed by atoms with E-state index < -0.39 is 29.5 Å². The molecule has 10 heteroatoms. The lowest BCUT2D eigenvalue weighted by Crippen LogP contribution is -2.40. The van der Waals surface area contributed by atoms with E-state index in [-0.39, 0.29) is 16.8 Å². The predicted molar refractivity (Wildman–Crippen MR) is 96.7 cm³/mol. The second kappa shape index (κ2) is 7.77. The summed E-state index contributed by atoms with van der Waals surface area (Å²) in [7, 11) is 0. The maximum Gasteiger partial charge on any atom is 0.413 e. The van der Waals surface area contributed by atoms with E-state index >= 15 is 0 Å². The topological polar surface area (TPSA) is 82.0 Å². The Morgan fingerprint density at radius 1 is 1.31 bits per heavy atom. The molecule has 0 aliphatic rings. The number of hydrogen-bond donors (Lipinski definition) is 2. The number of rotatable bonds is 7. The first-order chi connectivity index (χ1) is 12.1. The van der Waals surface area contributed by atoms with Gasteiger partial charge >= 0.3 is 11.9 Å². The summed E-state index contributed by atoms with van der Waals surface area (Å²) in [6, 6.07) is 0. The van der Waals surface area contributed by atoms with Gasteiger partial charge in [-0.1, -0.05) is 6.58 Å². The molecule has 2 aromatic heterocycles. The Bertz CT molecular complexity index is 940. The molecule has 0 saturated heterocycles. The quantitative estimate of drug-likeness (QED) is 0.557. The van der Waals surface area contributed by atoms with Gasteiger partial charge in [-0.2, -0.15) is 13.2 Å². The number of hydrogen-bond acceptors (Lipinski definition) is 5. The van der Waals surface area contributed by atoms with Crippen LogP contribution in [0.4, 0.5) is 13.2 Å². The highest BCUT2D eigenvalue weighted by Crippen LogP contribution is 2.30. The summed E-state index contributed by atoms with van der Waals surface area (Å²) in [5.41, 5.74) is 3.80. The molecular weight excluding hydrogens is 369 g/mol. The van der Waals surface area contributed by atoms with E-state index in [0.29, 0.717) is 25.2 Å². The molecule has 0 radical (unpaired) electrons. The van der Waals surface area contributed by atoms with E-state index in [1.807, 2.05) is 0 Å². The lowest BCUT2D eigenvalue weighted by Gasteiger charge is -2.14. The summed E-state index contributed by atoms with van der Waals surface area (Å²) in [5, 5.41) is 3.37. The first kappa shape index (κ1) is 20.4. The summed E-state index contributed by atoms with van der Waals surface area (Å²) in [6.45, 7) is 7.14. The van der Waals surface area contributed by atoms with Gasteiger partial charge in [0, 0.05) is 36.6 Å². The summed E-state index contributed by atoms with van der Waals surface area (Å²) in [5.74, 6) is 0. The normalized spacial score (nSPS) is 12.1. The van der Waals surface area contributed by atoms with Crippen molar-refractivity contribution in [2.24, 2.45) is 5.73 Å². The minimum atomic E-state index is -4.61. The summed E-state index contributed by atoms with van der Waals surface area (Å²) >= 11 is 1.14. The van der Waals surface area contributed by atoms with Gasteiger partial charge in [0.15, 0.2) is 0 Å². The number of aromatic nitrogens is 2. The van der Waals surface area contributed by atoms with Crippen LogP contribution in [0.2, 0.25) is 0 Å². The van der Waals surface area contributed by atoms with Crippen LogP contribution in [0.25, 0.3) is 10.2 Å². The van der Waals surface area contributed by atoms with Crippen molar-refractivity contribution < 1.29 is 13.2 Å². The van der Waals surface area contributed by atoms with E-state index in [1.54, 1.807) is 13.8 Å². The van der Waals surface area contributed by atoms with Gasteiger partial charge in [0.25, 0.3) is 5.56 Å². The van der Waals surface area contributed by atoms with Crippen molar-refractivity contribution >= 4 is 21.6 Å². The van der Waals surface area contributed by atoms with Crippen LogP contribution < -0.4 is 22.3 Å². The molecular formula is C16H21F3N4O2S. The Balaban J connectivity index is 2.70. The molecule has 0 aliphatic carbocycles. The summed E-state index contributed by atoms with van der Waals surface area (Å²) in [6.07, 6.45) is -4.61. The third-order valence-electron chi connectivity index (χ3n) is 4.07. The first-order valence-corrected chi connectivity index (χ1v) is 8.86. The zero-order valence-corrected chi connectivity index (χ0v) is 15.4. The molecule has 6 nitrogen and oxygen atoms in total. The minimum absolute atomic E-state index is 0.0716. The third kappa shape index (κ3) is 3.76. The number of nitrogens with one attached hydrogen (secondary N) is 1. The number of allylic oxidation sites excluding steroid dienone is 1. The largest absolute Gasteiger partial charge is 0.413 e. The Labute approximate surface area is 151 Å². The van der Waals surface area contributed by atoms with Crippen LogP contribution in [0.15, 0.2) is 21.7 Å². The molecule has 0 fully saturated rings. The van der Waals surface area contributed by atoms with Gasteiger partial charge in [0.05, 0.1) is 11.9 Å². The first-order valence-electron chi connectivity index (χ1n) is 8.04. The van der Waals surface area contributed by atoms with Gasteiger partial charge in [0.2, 0.25) is 0 Å². The molecule has 0 spiro atoms. The van der Waals surface area contributed by atoms with Crippen LogP contribution in [0.3, 0.4) is 0 Å². The maximum atomic E-state index is 12.9. The third-order valence-corrected chi connectivity index (χ3v) is 5.38. The van der Waals surface area contributed by atoms with Gasteiger partial charge in [-0.15, -0.1) is 11.3 Å². The van der Waals surface area contributed by atoms with E-state index in [9.17, 15) is 22.8 Å². The molecule has 0 atom stereocenters. The second-order valence-corrected chi connectivity index (χ2v) is 6.90. The molecule has 0 aromatic carbocycles. The van der Waals surface area contributed by atoms with Gasteiger partial charge in [-0.05, 0) is 19.4 Å². The highest BCUT2D eigenvalue weighted by Gasteiger charge is 2.33. The summed E-state index contributed by atoms with van der Waals surface area (Å²) in [4.78, 5) is 26.2. The smallest absolute Gasteiger partial charge is 0.329 e. The molecule has 0 unspecified atom stereocenters. The number of thiophene rings is 1. The average molecular weight is 390 g/mol. The van der Waals surface area contributed by atoms with Gasteiger partial charge in [0.1, 0.15) is 4.83 Å². The lowest BCUT2D eigenvalue weighted by atomic mass is 10.2. The van der Waals surface area contributed by atoms with Crippen molar-refractivity contribution in [3.8, 4) is 0 Å². The molecule has 2 aromatic rings. The Kier molecular flexibility index (Phi) is 6.09. The van der Waals surface area contributed by atoms with Crippen LogP contribution in [-0.2, 0) is 19.6 Å². The van der Waals surface area contributed by atoms with E-state index in [4.69, 9.17) is 5.73 Å². The van der Waals surface area contributed by atoms with Crippen LogP contribution in [0, 0.1) is 6.92 Å². The van der Waals surface area contributed by atoms with Gasteiger partial charge in [-0.25, -0.2) is 4.79 Å². The molecule has 3 N–H and O–H groups in total. The lowest BCUT2D eigenvalue weighted by molar-refractivity contribution is -0.0943. The molecule has 0 amide bonds. The standard InChI is InChI=1S/C16H21F3N4O2S/c1-4-22-13(24)12-10(3)11(7-21-6-5-20)26-14(12)23(15(22)25)8-9(2)16(17,18)19/h21H,2,4-8,20H2,1,3H3. The van der Waals surface area contributed by atoms with E-state index in [1.165, 1.54) is 0 Å². The number of nitrogens with zero attached hydrogens (tertiary/aromatic N) is 2. The number of nitrogens with two attached hydrogens (primary N) is 1. The Morgan fingerprint density at radius 3 is 2.50 bits per heavy atom. The molecule has 2 heterocycles. The average Bonchev–Trinajstić information content (AvgIpc) is 2.88. The number of fused-ring (bicyclic) bond motifs is 1. The molecule has 0 bridgehead atoms. The Morgan fingerprint density at radius 2 is 1.96 bits per heavy atom. The van der Waals surface area contributed by atoms with Crippen molar-refractivity contribution in [3.63, 3.8) is 0 Å². The molecule has 144 valence electrons. The molecule has 2 rings (SSSR count). The Hall–Kier alpha value is -1.91. The monoisotopic (exact) mass is 390 g/mol. The molecule has 0 aliphatic heterocycles. The fourth-order valence-electron chi connectivity index (χ4n) is 2.61. The fourth-order valence-corrected chi connectivity index (χ4v) is 3.87. The molecule has 26 heavy (non-hydrogen) atoms. The highest BCUT2D eigenvalue weighted by atomic mass is 32.1. The maximum absolute atomic E-state index is 12.9. The van der Waals surface area contributed by atoms with E-state index in [2.05, 4.69) is 11.9 Å². The highest BCUT2D eigenvalue weighted by molar-refractivity contribution is 7.18. The van der Waals surface area contributed by atoms with Crippen LogP contribution in [-0.4, -0.2) is 28.4 Å². The number of alkyl halides is 3. The minimum Gasteiger partial charge on any atom is -0.329 e. The van der Waals surface area contributed by atoms with Crippen LogP contribution >= 0.6 is 11.3 Å². The van der Waals surface area contributed by atoms with Crippen molar-refractivity contribution in [1.82, 2.24) is 14.5 Å². The van der Waals surface area contributed by atoms with E-state index in [0.717, 1.165) is 25.3 Å². The number of halogens is 3. The zero-order valence-electron chi connectivity index (χ0n) is 14.6. The fraction of sp³-hybridized carbons (Fsp3) is 0.500. The summed E-state index contributed by atoms with van der Waals surface area (Å²) < 4.78 is 40.7.